The molecule has 1 saturated carbocycles. The third-order valence-corrected chi connectivity index (χ3v) is 25.8. The van der Waals surface area contributed by atoms with Crippen LogP contribution in [0.5, 0.6) is 0 Å². The maximum absolute atomic E-state index is 13.6. The Kier molecular flexibility index (Phi) is 12.1. The number of benzene rings is 1. The zero-order valence-electron chi connectivity index (χ0n) is 30.3. The van der Waals surface area contributed by atoms with E-state index in [0.29, 0.717) is 19.6 Å². The Hall–Kier alpha value is -0.339. The second-order valence-electron chi connectivity index (χ2n) is 17.4. The van der Waals surface area contributed by atoms with Crippen LogP contribution in [0, 0.1) is 18.8 Å². The lowest BCUT2D eigenvalue weighted by Crippen LogP contribution is -2.46. The summed E-state index contributed by atoms with van der Waals surface area (Å²) in [7, 11) is -10.2. The molecule has 0 aromatic heterocycles. The predicted octanol–water partition coefficient (Wildman–Crippen LogP) is 9.53. The van der Waals surface area contributed by atoms with Gasteiger partial charge in [0.1, 0.15) is 0 Å². The molecule has 250 valence electrons. The van der Waals surface area contributed by atoms with Gasteiger partial charge in [0.25, 0.3) is 10.1 Å². The van der Waals surface area contributed by atoms with Gasteiger partial charge >= 0.3 is 0 Å². The molecule has 4 atom stereocenters. The van der Waals surface area contributed by atoms with Crippen molar-refractivity contribution < 1.29 is 25.9 Å². The summed E-state index contributed by atoms with van der Waals surface area (Å²) in [4.78, 5) is 0.189. The van der Waals surface area contributed by atoms with Gasteiger partial charge in [-0.15, -0.1) is 0 Å². The van der Waals surface area contributed by atoms with E-state index in [1.807, 2.05) is 19.1 Å². The van der Waals surface area contributed by atoms with Gasteiger partial charge in [0.15, 0.2) is 25.0 Å². The Bertz CT molecular complexity index is 1160. The van der Waals surface area contributed by atoms with Crippen molar-refractivity contribution in [3.05, 3.63) is 29.8 Å². The molecule has 0 aliphatic heterocycles. The summed E-state index contributed by atoms with van der Waals surface area (Å²) < 4.78 is 54.0. The van der Waals surface area contributed by atoms with Gasteiger partial charge in [0, 0.05) is 25.6 Å². The molecule has 1 aliphatic rings. The van der Waals surface area contributed by atoms with Gasteiger partial charge in [-0.1, -0.05) is 80.0 Å². The van der Waals surface area contributed by atoms with Crippen molar-refractivity contribution in [1.82, 2.24) is 0 Å². The highest BCUT2D eigenvalue weighted by atomic mass is 32.2. The van der Waals surface area contributed by atoms with Crippen molar-refractivity contribution in [2.75, 3.05) is 13.2 Å². The van der Waals surface area contributed by atoms with E-state index in [1.165, 1.54) is 0 Å². The van der Waals surface area contributed by atoms with E-state index in [0.717, 1.165) is 12.0 Å². The fraction of sp³-hybridized carbons (Fsp3) is 0.818. The van der Waals surface area contributed by atoms with E-state index in [4.69, 9.17) is 17.5 Å². The van der Waals surface area contributed by atoms with Gasteiger partial charge in [-0.2, -0.15) is 8.42 Å². The molecule has 0 spiro atoms. The SMILES string of the molecule is Cc1ccc(S(=O)(=O)O[C@@H]2C[C@H](O[Si](C)(C)C(C)(C)C)[C@H](CCO[Si](C)(C)C(C)(C)C)[C@H]2CO[Si](C)(C)C(C)(C)C)cc1. The van der Waals surface area contributed by atoms with Crippen LogP contribution < -0.4 is 0 Å². The molecule has 0 heterocycles. The second kappa shape index (κ2) is 13.4. The van der Waals surface area contributed by atoms with Crippen LogP contribution in [-0.2, 0) is 27.6 Å². The first kappa shape index (κ1) is 38.8. The molecular formula is C33H64O6SSi3. The Morgan fingerprint density at radius 1 is 0.698 bits per heavy atom. The minimum absolute atomic E-state index is 0.0231. The minimum Gasteiger partial charge on any atom is -0.417 e. The lowest BCUT2D eigenvalue weighted by molar-refractivity contribution is 0.0726. The molecule has 43 heavy (non-hydrogen) atoms. The van der Waals surface area contributed by atoms with Crippen LogP contribution in [0.1, 0.15) is 80.7 Å². The molecule has 10 heteroatoms. The molecule has 0 amide bonds. The van der Waals surface area contributed by atoms with Crippen LogP contribution in [0.2, 0.25) is 54.4 Å². The van der Waals surface area contributed by atoms with Crippen molar-refractivity contribution in [3.63, 3.8) is 0 Å². The highest BCUT2D eigenvalue weighted by molar-refractivity contribution is 7.86. The van der Waals surface area contributed by atoms with Gasteiger partial charge in [-0.05, 0) is 85.8 Å². The first-order valence-electron chi connectivity index (χ1n) is 16.1. The molecule has 1 aromatic carbocycles. The Balaban J connectivity index is 2.52. The first-order valence-corrected chi connectivity index (χ1v) is 26.2. The number of hydrogen-bond acceptors (Lipinski definition) is 6. The highest BCUT2D eigenvalue weighted by Crippen LogP contribution is 2.47. The number of hydrogen-bond donors (Lipinski definition) is 0. The van der Waals surface area contributed by atoms with Crippen LogP contribution in [0.25, 0.3) is 0 Å². The quantitative estimate of drug-likeness (QED) is 0.163. The fourth-order valence-corrected chi connectivity index (χ4v) is 9.29. The summed E-state index contributed by atoms with van der Waals surface area (Å²) in [6, 6.07) is 6.89. The zero-order chi connectivity index (χ0) is 33.4. The largest absolute Gasteiger partial charge is 0.417 e. The van der Waals surface area contributed by atoms with Crippen LogP contribution in [0.4, 0.5) is 0 Å². The maximum atomic E-state index is 13.6. The molecule has 1 fully saturated rings. The van der Waals surface area contributed by atoms with E-state index in [9.17, 15) is 8.42 Å². The Morgan fingerprint density at radius 2 is 1.16 bits per heavy atom. The Morgan fingerprint density at radius 3 is 1.63 bits per heavy atom. The average Bonchev–Trinajstić information content (AvgIpc) is 3.10. The summed E-state index contributed by atoms with van der Waals surface area (Å²) in [5.74, 6) is -0.0750. The summed E-state index contributed by atoms with van der Waals surface area (Å²) in [6.45, 7) is 36.8. The summed E-state index contributed by atoms with van der Waals surface area (Å²) >= 11 is 0. The van der Waals surface area contributed by atoms with Crippen molar-refractivity contribution >= 4 is 35.1 Å². The van der Waals surface area contributed by atoms with Crippen LogP contribution >= 0.6 is 0 Å². The standard InChI is InChI=1S/C33H64O6SSi3/c1-25-17-19-26(20-18-25)40(34,35)38-29-23-30(39-43(15,16)33(8,9)10)27(21-22-36-41(11,12)31(2,3)4)28(29)24-37-42(13,14)32(5,6)7/h17-20,27-30H,21-24H2,1-16H3/t27-,28-,29-,30+/m1/s1. The lowest BCUT2D eigenvalue weighted by atomic mass is 9.92. The molecule has 6 nitrogen and oxygen atoms in total. The van der Waals surface area contributed by atoms with Gasteiger partial charge in [0.2, 0.25) is 0 Å². The first-order chi connectivity index (χ1) is 19.1. The molecule has 0 N–H and O–H groups in total. The van der Waals surface area contributed by atoms with Gasteiger partial charge in [-0.3, -0.25) is 4.18 Å². The highest BCUT2D eigenvalue weighted by Gasteiger charge is 2.51. The smallest absolute Gasteiger partial charge is 0.297 e. The molecular weight excluding hydrogens is 609 g/mol. The molecule has 1 aromatic rings. The number of aryl methyl sites for hydroxylation is 1. The van der Waals surface area contributed by atoms with E-state index < -0.39 is 41.2 Å². The minimum atomic E-state index is -3.97. The topological polar surface area (TPSA) is 71.1 Å². The summed E-state index contributed by atoms with van der Waals surface area (Å²) in [6.07, 6.45) is 0.634. The van der Waals surface area contributed by atoms with Crippen LogP contribution in [0.15, 0.2) is 29.2 Å². The zero-order valence-corrected chi connectivity index (χ0v) is 34.1. The van der Waals surface area contributed by atoms with Crippen molar-refractivity contribution in [2.45, 2.75) is 154 Å². The molecule has 0 radical (unpaired) electrons. The summed E-state index contributed by atoms with van der Waals surface area (Å²) in [5, 5.41) is 0.168. The maximum Gasteiger partial charge on any atom is 0.297 e. The predicted molar refractivity (Wildman–Crippen MR) is 188 cm³/mol. The molecule has 0 unspecified atom stereocenters. The monoisotopic (exact) mass is 672 g/mol. The van der Waals surface area contributed by atoms with Gasteiger partial charge < -0.3 is 13.3 Å². The van der Waals surface area contributed by atoms with Gasteiger partial charge in [0.05, 0.1) is 17.1 Å². The van der Waals surface area contributed by atoms with Crippen molar-refractivity contribution in [1.29, 1.82) is 0 Å². The molecule has 2 rings (SSSR count). The van der Waals surface area contributed by atoms with E-state index in [-0.39, 0.29) is 38.0 Å². The third-order valence-electron chi connectivity index (χ3n) is 10.9. The van der Waals surface area contributed by atoms with Crippen molar-refractivity contribution in [2.24, 2.45) is 11.8 Å². The van der Waals surface area contributed by atoms with Crippen LogP contribution in [0.3, 0.4) is 0 Å². The van der Waals surface area contributed by atoms with Crippen molar-refractivity contribution in [3.8, 4) is 0 Å². The van der Waals surface area contributed by atoms with E-state index >= 15 is 0 Å². The molecule has 0 saturated heterocycles. The van der Waals surface area contributed by atoms with Crippen LogP contribution in [-0.4, -0.2) is 58.8 Å². The lowest BCUT2D eigenvalue weighted by Gasteiger charge is -2.41. The number of rotatable bonds is 12. The second-order valence-corrected chi connectivity index (χ2v) is 33.3. The third kappa shape index (κ3) is 9.83. The van der Waals surface area contributed by atoms with E-state index in [1.54, 1.807) is 12.1 Å². The average molecular weight is 673 g/mol. The molecule has 1 aliphatic carbocycles. The summed E-state index contributed by atoms with van der Waals surface area (Å²) in [5.41, 5.74) is 1.00. The molecule has 0 bridgehead atoms. The Labute approximate surface area is 268 Å². The fourth-order valence-electron chi connectivity index (χ4n) is 4.67. The normalized spacial score (nSPS) is 23.2. The van der Waals surface area contributed by atoms with E-state index in [2.05, 4.69) is 102 Å². The van der Waals surface area contributed by atoms with Gasteiger partial charge in [-0.25, -0.2) is 0 Å².